The topological polar surface area (TPSA) is 104 Å². The fourth-order valence-electron chi connectivity index (χ4n) is 4.69. The summed E-state index contributed by atoms with van der Waals surface area (Å²) in [6.07, 6.45) is 1.40. The highest BCUT2D eigenvalue weighted by molar-refractivity contribution is 7.89. The molecule has 198 valence electrons. The zero-order valence-corrected chi connectivity index (χ0v) is 22.4. The van der Waals surface area contributed by atoms with Gasteiger partial charge in [-0.1, -0.05) is 38.1 Å². The molecule has 2 N–H and O–H groups in total. The first-order valence-corrected chi connectivity index (χ1v) is 14.3. The third-order valence-electron chi connectivity index (χ3n) is 6.94. The van der Waals surface area contributed by atoms with Gasteiger partial charge < -0.3 is 15.0 Å². The van der Waals surface area contributed by atoms with Crippen LogP contribution in [0.4, 0.5) is 5.69 Å². The minimum atomic E-state index is -3.63. The Morgan fingerprint density at radius 3 is 2.37 bits per heavy atom. The Labute approximate surface area is 223 Å². The minimum absolute atomic E-state index is 0.138. The SMILES string of the molecule is CC(C)c1ccc(OCC(=O)Nc2ccc(S(=O)(=O)N3CCC(c4nc5ccccc5[nH]4)CC3)cc2)cc1. The zero-order chi connectivity index (χ0) is 26.7. The minimum Gasteiger partial charge on any atom is -0.484 e. The van der Waals surface area contributed by atoms with Crippen molar-refractivity contribution in [3.05, 3.63) is 84.2 Å². The van der Waals surface area contributed by atoms with Crippen molar-refractivity contribution < 1.29 is 17.9 Å². The van der Waals surface area contributed by atoms with E-state index in [1.165, 1.54) is 22.0 Å². The van der Waals surface area contributed by atoms with Crippen molar-refractivity contribution in [1.29, 1.82) is 0 Å². The van der Waals surface area contributed by atoms with Gasteiger partial charge in [0.25, 0.3) is 5.91 Å². The molecule has 1 amide bonds. The van der Waals surface area contributed by atoms with E-state index >= 15 is 0 Å². The molecule has 4 aromatic rings. The van der Waals surface area contributed by atoms with Crippen LogP contribution in [0.1, 0.15) is 49.9 Å². The number of para-hydroxylation sites is 2. The summed E-state index contributed by atoms with van der Waals surface area (Å²) in [4.78, 5) is 20.6. The molecule has 0 unspecified atom stereocenters. The lowest BCUT2D eigenvalue weighted by molar-refractivity contribution is -0.118. The number of benzene rings is 3. The number of nitrogens with zero attached hydrogens (tertiary/aromatic N) is 2. The predicted octanol–water partition coefficient (Wildman–Crippen LogP) is 5.27. The van der Waals surface area contributed by atoms with E-state index in [0.717, 1.165) is 16.9 Å². The van der Waals surface area contributed by atoms with E-state index in [9.17, 15) is 13.2 Å². The number of aromatic amines is 1. The molecule has 8 nitrogen and oxygen atoms in total. The summed E-state index contributed by atoms with van der Waals surface area (Å²) in [6, 6.07) is 21.8. The summed E-state index contributed by atoms with van der Waals surface area (Å²) in [6.45, 7) is 4.95. The summed E-state index contributed by atoms with van der Waals surface area (Å²) in [5.74, 6) is 1.84. The summed E-state index contributed by atoms with van der Waals surface area (Å²) < 4.78 is 33.5. The summed E-state index contributed by atoms with van der Waals surface area (Å²) >= 11 is 0. The van der Waals surface area contributed by atoms with E-state index in [1.807, 2.05) is 48.5 Å². The second-order valence-corrected chi connectivity index (χ2v) is 11.8. The van der Waals surface area contributed by atoms with Crippen molar-refractivity contribution in [2.75, 3.05) is 25.0 Å². The number of anilines is 1. The molecular weight excluding hydrogens is 500 g/mol. The standard InChI is InChI=1S/C29H32N4O4S/c1-20(2)21-7-11-24(12-8-21)37-19-28(34)30-23-9-13-25(14-10-23)38(35,36)33-17-15-22(16-18-33)29-31-26-5-3-4-6-27(26)32-29/h3-14,20,22H,15-19H2,1-2H3,(H,30,34)(H,31,32). The number of aromatic nitrogens is 2. The highest BCUT2D eigenvalue weighted by Crippen LogP contribution is 2.30. The van der Waals surface area contributed by atoms with E-state index in [0.29, 0.717) is 43.3 Å². The first-order chi connectivity index (χ1) is 18.3. The molecule has 0 atom stereocenters. The Morgan fingerprint density at radius 1 is 1.03 bits per heavy atom. The molecule has 1 aliphatic rings. The van der Waals surface area contributed by atoms with Crippen LogP contribution in [0.3, 0.4) is 0 Å². The van der Waals surface area contributed by atoms with E-state index in [-0.39, 0.29) is 23.3 Å². The highest BCUT2D eigenvalue weighted by atomic mass is 32.2. The van der Waals surface area contributed by atoms with Gasteiger partial charge in [0.15, 0.2) is 6.61 Å². The molecule has 1 fully saturated rings. The van der Waals surface area contributed by atoms with Crippen LogP contribution < -0.4 is 10.1 Å². The van der Waals surface area contributed by atoms with E-state index in [1.54, 1.807) is 12.1 Å². The predicted molar refractivity (Wildman–Crippen MR) is 148 cm³/mol. The van der Waals surface area contributed by atoms with Crippen LogP contribution >= 0.6 is 0 Å². The maximum atomic E-state index is 13.2. The van der Waals surface area contributed by atoms with Crippen molar-refractivity contribution in [3.8, 4) is 5.75 Å². The normalized spacial score (nSPS) is 15.1. The van der Waals surface area contributed by atoms with Gasteiger partial charge in [-0.3, -0.25) is 4.79 Å². The van der Waals surface area contributed by atoms with Gasteiger partial charge in [-0.2, -0.15) is 4.31 Å². The number of ether oxygens (including phenoxy) is 1. The number of carbonyl (C=O) groups excluding carboxylic acids is 1. The molecule has 1 saturated heterocycles. The largest absolute Gasteiger partial charge is 0.484 e. The monoisotopic (exact) mass is 532 g/mol. The average molecular weight is 533 g/mol. The molecule has 2 heterocycles. The number of amides is 1. The maximum absolute atomic E-state index is 13.2. The molecule has 1 aromatic heterocycles. The van der Waals surface area contributed by atoms with Gasteiger partial charge in [0.05, 0.1) is 15.9 Å². The van der Waals surface area contributed by atoms with Gasteiger partial charge in [0.1, 0.15) is 11.6 Å². The molecular formula is C29H32N4O4S. The van der Waals surface area contributed by atoms with Crippen LogP contribution in [0.25, 0.3) is 11.0 Å². The van der Waals surface area contributed by atoms with Crippen molar-refractivity contribution in [1.82, 2.24) is 14.3 Å². The fourth-order valence-corrected chi connectivity index (χ4v) is 6.16. The van der Waals surface area contributed by atoms with Gasteiger partial charge in [0.2, 0.25) is 10.0 Å². The highest BCUT2D eigenvalue weighted by Gasteiger charge is 2.31. The first kappa shape index (κ1) is 25.9. The van der Waals surface area contributed by atoms with Gasteiger partial charge in [-0.25, -0.2) is 13.4 Å². The molecule has 9 heteroatoms. The van der Waals surface area contributed by atoms with E-state index in [2.05, 4.69) is 29.1 Å². The number of carbonyl (C=O) groups is 1. The fraction of sp³-hybridized carbons (Fsp3) is 0.310. The maximum Gasteiger partial charge on any atom is 0.262 e. The van der Waals surface area contributed by atoms with Crippen LogP contribution in [0, 0.1) is 0 Å². The Balaban J connectivity index is 1.14. The quantitative estimate of drug-likeness (QED) is 0.322. The number of sulfonamides is 1. The average Bonchev–Trinajstić information content (AvgIpc) is 3.37. The summed E-state index contributed by atoms with van der Waals surface area (Å²) in [5, 5.41) is 2.75. The summed E-state index contributed by atoms with van der Waals surface area (Å²) in [5.41, 5.74) is 3.64. The number of rotatable bonds is 8. The Bertz CT molecular complexity index is 1470. The molecule has 0 saturated carbocycles. The number of hydrogen-bond acceptors (Lipinski definition) is 5. The molecule has 3 aromatic carbocycles. The molecule has 0 spiro atoms. The number of fused-ring (bicyclic) bond motifs is 1. The molecule has 5 rings (SSSR count). The van der Waals surface area contributed by atoms with Gasteiger partial charge >= 0.3 is 0 Å². The van der Waals surface area contributed by atoms with Gasteiger partial charge in [-0.15, -0.1) is 0 Å². The Kier molecular flexibility index (Phi) is 7.49. The number of H-pyrrole nitrogens is 1. The van der Waals surface area contributed by atoms with Crippen molar-refractivity contribution >= 4 is 32.7 Å². The number of nitrogens with one attached hydrogen (secondary N) is 2. The van der Waals surface area contributed by atoms with Crippen LogP contribution in [0.5, 0.6) is 5.75 Å². The third-order valence-corrected chi connectivity index (χ3v) is 8.85. The first-order valence-electron chi connectivity index (χ1n) is 12.9. The number of imidazole rings is 1. The van der Waals surface area contributed by atoms with Crippen molar-refractivity contribution in [2.24, 2.45) is 0 Å². The molecule has 38 heavy (non-hydrogen) atoms. The Hall–Kier alpha value is -3.69. The van der Waals surface area contributed by atoms with E-state index < -0.39 is 10.0 Å². The van der Waals surface area contributed by atoms with Crippen molar-refractivity contribution in [3.63, 3.8) is 0 Å². The van der Waals surface area contributed by atoms with Crippen LogP contribution in [-0.2, 0) is 14.8 Å². The van der Waals surface area contributed by atoms with Crippen LogP contribution in [-0.4, -0.2) is 48.3 Å². The summed E-state index contributed by atoms with van der Waals surface area (Å²) in [7, 11) is -3.63. The molecule has 0 aliphatic carbocycles. The van der Waals surface area contributed by atoms with Gasteiger partial charge in [-0.05, 0) is 72.9 Å². The van der Waals surface area contributed by atoms with Gasteiger partial charge in [0, 0.05) is 24.7 Å². The lowest BCUT2D eigenvalue weighted by atomic mass is 9.97. The zero-order valence-electron chi connectivity index (χ0n) is 21.6. The van der Waals surface area contributed by atoms with Crippen LogP contribution in [0.15, 0.2) is 77.7 Å². The Morgan fingerprint density at radius 2 is 1.71 bits per heavy atom. The second kappa shape index (κ2) is 11.0. The smallest absolute Gasteiger partial charge is 0.262 e. The molecule has 0 bridgehead atoms. The molecule has 0 radical (unpaired) electrons. The second-order valence-electron chi connectivity index (χ2n) is 9.90. The molecule has 1 aliphatic heterocycles. The van der Waals surface area contributed by atoms with E-state index in [4.69, 9.17) is 4.74 Å². The lowest BCUT2D eigenvalue weighted by Crippen LogP contribution is -2.38. The third kappa shape index (κ3) is 5.74. The van der Waals surface area contributed by atoms with Crippen molar-refractivity contribution in [2.45, 2.75) is 43.4 Å². The van der Waals surface area contributed by atoms with Crippen LogP contribution in [0.2, 0.25) is 0 Å². The number of hydrogen-bond donors (Lipinski definition) is 2. The lowest BCUT2D eigenvalue weighted by Gasteiger charge is -2.30. The number of piperidine rings is 1.